The molecule has 3 aromatic rings. The highest BCUT2D eigenvalue weighted by molar-refractivity contribution is 6.51. The van der Waals surface area contributed by atoms with Gasteiger partial charge in [-0.3, -0.25) is 19.5 Å². The number of Topliss-reactive ketones (excluding diaryl/α,β-unsaturated/α-hetero) is 1. The summed E-state index contributed by atoms with van der Waals surface area (Å²) in [6, 6.07) is 11.7. The van der Waals surface area contributed by atoms with Crippen molar-refractivity contribution < 1.29 is 37.3 Å². The van der Waals surface area contributed by atoms with Crippen LogP contribution in [0.15, 0.2) is 72.6 Å². The van der Waals surface area contributed by atoms with Crippen LogP contribution in [0.2, 0.25) is 0 Å². The molecule has 1 saturated heterocycles. The molecule has 7 nitrogen and oxygen atoms in total. The molecule has 0 saturated carbocycles. The Bertz CT molecular complexity index is 1390. The largest absolute Gasteiger partial charge is 0.573 e. The summed E-state index contributed by atoms with van der Waals surface area (Å²) < 4.78 is 47.2. The van der Waals surface area contributed by atoms with Crippen LogP contribution in [0.3, 0.4) is 0 Å². The van der Waals surface area contributed by atoms with Crippen molar-refractivity contribution in [2.24, 2.45) is 0 Å². The van der Waals surface area contributed by atoms with Crippen LogP contribution in [-0.4, -0.2) is 35.3 Å². The molecule has 38 heavy (non-hydrogen) atoms. The molecule has 1 aliphatic heterocycles. The molecule has 1 aliphatic rings. The summed E-state index contributed by atoms with van der Waals surface area (Å²) in [5, 5.41) is 11.4. The number of carbonyl (C=O) groups is 2. The quantitative estimate of drug-likeness (QED) is 0.253. The summed E-state index contributed by atoms with van der Waals surface area (Å²) in [5.41, 5.74) is 1.18. The van der Waals surface area contributed by atoms with Crippen molar-refractivity contribution in [2.45, 2.75) is 38.6 Å². The fourth-order valence-corrected chi connectivity index (χ4v) is 4.37. The Morgan fingerprint density at radius 3 is 2.16 bits per heavy atom. The van der Waals surface area contributed by atoms with Crippen molar-refractivity contribution in [2.75, 3.05) is 12.0 Å². The van der Waals surface area contributed by atoms with E-state index in [9.17, 15) is 27.9 Å². The molecule has 2 aromatic carbocycles. The van der Waals surface area contributed by atoms with Gasteiger partial charge in [-0.15, -0.1) is 13.2 Å². The monoisotopic (exact) mass is 526 g/mol. The Morgan fingerprint density at radius 1 is 0.974 bits per heavy atom. The van der Waals surface area contributed by atoms with Gasteiger partial charge in [-0.25, -0.2) is 0 Å². The summed E-state index contributed by atoms with van der Waals surface area (Å²) >= 11 is 0. The van der Waals surface area contributed by atoms with Crippen molar-refractivity contribution in [1.82, 2.24) is 4.98 Å². The second kappa shape index (κ2) is 9.85. The number of carbonyl (C=O) groups excluding carboxylic acids is 2. The third-order valence-corrected chi connectivity index (χ3v) is 6.10. The maximum absolute atomic E-state index is 13.3. The molecule has 1 fully saturated rings. The van der Waals surface area contributed by atoms with E-state index in [4.69, 9.17) is 4.74 Å². The number of halogens is 3. The molecule has 1 amide bonds. The maximum Gasteiger partial charge on any atom is 0.573 e. The molecule has 0 aliphatic carbocycles. The number of rotatable bonds is 5. The molecule has 1 unspecified atom stereocenters. The van der Waals surface area contributed by atoms with Gasteiger partial charge < -0.3 is 14.6 Å². The van der Waals surface area contributed by atoms with Crippen LogP contribution in [0.4, 0.5) is 18.9 Å². The highest BCUT2D eigenvalue weighted by atomic mass is 19.4. The number of aliphatic hydroxyl groups is 1. The number of benzene rings is 2. The SMILES string of the molecule is COc1ccc(/C(O)=C2/C(=O)C(=O)N(c3ccc(OC(F)(F)F)cc3)C2c2ccncc2)cc1C(C)(C)C. The maximum atomic E-state index is 13.3. The minimum absolute atomic E-state index is 0.146. The molecule has 10 heteroatoms. The number of amides is 1. The van der Waals surface area contributed by atoms with Gasteiger partial charge in [0, 0.05) is 29.2 Å². The topological polar surface area (TPSA) is 89.0 Å². The van der Waals surface area contributed by atoms with Crippen molar-refractivity contribution in [3.8, 4) is 11.5 Å². The molecule has 1 atom stereocenters. The molecule has 0 radical (unpaired) electrons. The lowest BCUT2D eigenvalue weighted by Gasteiger charge is -2.26. The van der Waals surface area contributed by atoms with Crippen LogP contribution in [0.25, 0.3) is 5.76 Å². The lowest BCUT2D eigenvalue weighted by Crippen LogP contribution is -2.29. The van der Waals surface area contributed by atoms with E-state index in [-0.39, 0.29) is 16.7 Å². The number of ether oxygens (including phenoxy) is 2. The minimum Gasteiger partial charge on any atom is -0.507 e. The Kier molecular flexibility index (Phi) is 6.92. The van der Waals surface area contributed by atoms with Gasteiger partial charge in [-0.1, -0.05) is 20.8 Å². The van der Waals surface area contributed by atoms with Gasteiger partial charge in [0.15, 0.2) is 0 Å². The molecule has 0 spiro atoms. The van der Waals surface area contributed by atoms with Crippen LogP contribution in [0, 0.1) is 0 Å². The zero-order valence-electron chi connectivity index (χ0n) is 21.0. The van der Waals surface area contributed by atoms with Gasteiger partial charge in [0.2, 0.25) is 0 Å². The Balaban J connectivity index is 1.87. The van der Waals surface area contributed by atoms with Crippen molar-refractivity contribution >= 4 is 23.1 Å². The predicted octanol–water partition coefficient (Wildman–Crippen LogP) is 5.91. The van der Waals surface area contributed by atoms with E-state index in [0.717, 1.165) is 22.6 Å². The molecular formula is C28H25F3N2O5. The first-order valence-corrected chi connectivity index (χ1v) is 11.6. The van der Waals surface area contributed by atoms with Crippen LogP contribution >= 0.6 is 0 Å². The number of pyridine rings is 1. The van der Waals surface area contributed by atoms with E-state index in [1.165, 1.54) is 31.6 Å². The number of methoxy groups -OCH3 is 1. The Hall–Kier alpha value is -4.34. The van der Waals surface area contributed by atoms with E-state index in [2.05, 4.69) is 9.72 Å². The second-order valence-electron chi connectivity index (χ2n) is 9.66. The fourth-order valence-electron chi connectivity index (χ4n) is 4.37. The number of hydrogen-bond acceptors (Lipinski definition) is 6. The zero-order chi connectivity index (χ0) is 27.8. The van der Waals surface area contributed by atoms with Crippen LogP contribution < -0.4 is 14.4 Å². The summed E-state index contributed by atoms with van der Waals surface area (Å²) in [5.74, 6) is -2.15. The minimum atomic E-state index is -4.88. The highest BCUT2D eigenvalue weighted by Crippen LogP contribution is 2.43. The van der Waals surface area contributed by atoms with Crippen LogP contribution in [-0.2, 0) is 15.0 Å². The summed E-state index contributed by atoms with van der Waals surface area (Å²) in [6.45, 7) is 5.91. The first kappa shape index (κ1) is 26.7. The summed E-state index contributed by atoms with van der Waals surface area (Å²) in [6.07, 6.45) is -1.94. The highest BCUT2D eigenvalue weighted by Gasteiger charge is 2.47. The second-order valence-corrected chi connectivity index (χ2v) is 9.66. The molecular weight excluding hydrogens is 501 g/mol. The molecule has 198 valence electrons. The molecule has 1 aromatic heterocycles. The molecule has 0 bridgehead atoms. The first-order valence-electron chi connectivity index (χ1n) is 11.6. The number of hydrogen-bond donors (Lipinski definition) is 1. The van der Waals surface area contributed by atoms with E-state index < -0.39 is 35.6 Å². The normalized spacial score (nSPS) is 17.6. The number of anilines is 1. The van der Waals surface area contributed by atoms with E-state index >= 15 is 0 Å². The van der Waals surface area contributed by atoms with E-state index in [1.807, 2.05) is 20.8 Å². The zero-order valence-corrected chi connectivity index (χ0v) is 21.0. The molecule has 2 heterocycles. The van der Waals surface area contributed by atoms with Gasteiger partial charge in [-0.2, -0.15) is 0 Å². The summed E-state index contributed by atoms with van der Waals surface area (Å²) in [7, 11) is 1.53. The van der Waals surface area contributed by atoms with Gasteiger partial charge in [0.25, 0.3) is 11.7 Å². The molecule has 1 N–H and O–H groups in total. The number of aliphatic hydroxyl groups excluding tert-OH is 1. The third-order valence-electron chi connectivity index (χ3n) is 6.10. The lowest BCUT2D eigenvalue weighted by molar-refractivity contribution is -0.274. The number of alkyl halides is 3. The van der Waals surface area contributed by atoms with Crippen molar-refractivity contribution in [1.29, 1.82) is 0 Å². The lowest BCUT2D eigenvalue weighted by atomic mass is 9.84. The van der Waals surface area contributed by atoms with Crippen LogP contribution in [0.1, 0.15) is 43.5 Å². The first-order chi connectivity index (χ1) is 17.8. The molecule has 4 rings (SSSR count). The smallest absolute Gasteiger partial charge is 0.507 e. The average molecular weight is 527 g/mol. The van der Waals surface area contributed by atoms with E-state index in [1.54, 1.807) is 30.3 Å². The predicted molar refractivity (Wildman–Crippen MR) is 134 cm³/mol. The van der Waals surface area contributed by atoms with Gasteiger partial charge >= 0.3 is 6.36 Å². The standard InChI is InChI=1S/C28H25F3N2O5/c1-27(2,3)20-15-17(5-10-21(20)37-4)24(34)22-23(16-11-13-32-14-12-16)33(26(36)25(22)35)18-6-8-19(9-7-18)38-28(29,30)31/h5-15,23,34H,1-4H3/b24-22-. The van der Waals surface area contributed by atoms with Gasteiger partial charge in [-0.05, 0) is 65.6 Å². The Morgan fingerprint density at radius 2 is 1.61 bits per heavy atom. The number of ketones is 1. The summed E-state index contributed by atoms with van der Waals surface area (Å²) in [4.78, 5) is 31.7. The van der Waals surface area contributed by atoms with E-state index in [0.29, 0.717) is 16.9 Å². The van der Waals surface area contributed by atoms with Gasteiger partial charge in [0.1, 0.15) is 17.3 Å². The number of nitrogens with zero attached hydrogens (tertiary/aromatic N) is 2. The van der Waals surface area contributed by atoms with Crippen LogP contribution in [0.5, 0.6) is 11.5 Å². The van der Waals surface area contributed by atoms with Gasteiger partial charge in [0.05, 0.1) is 18.7 Å². The Labute approximate surface area is 217 Å². The van der Waals surface area contributed by atoms with Crippen molar-refractivity contribution in [3.05, 3.63) is 89.3 Å². The average Bonchev–Trinajstić information content (AvgIpc) is 3.13. The fraction of sp³-hybridized carbons (Fsp3) is 0.250. The third kappa shape index (κ3) is 5.20. The number of aromatic nitrogens is 1. The van der Waals surface area contributed by atoms with Crippen molar-refractivity contribution in [3.63, 3.8) is 0 Å².